The quantitative estimate of drug-likeness (QED) is 0.634. The molecule has 3 heteroatoms. The van der Waals surface area contributed by atoms with Crippen molar-refractivity contribution < 1.29 is 0 Å². The molecule has 0 atom stereocenters. The van der Waals surface area contributed by atoms with Gasteiger partial charge in [-0.15, -0.1) is 0 Å². The first-order valence-electron chi connectivity index (χ1n) is 2.97. The molecule has 0 unspecified atom stereocenters. The fourth-order valence-corrected chi connectivity index (χ4v) is 0.592. The van der Waals surface area contributed by atoms with E-state index in [0.29, 0.717) is 0 Å². The second kappa shape index (κ2) is 3.50. The summed E-state index contributed by atoms with van der Waals surface area (Å²) in [5.74, 6) is 0. The summed E-state index contributed by atoms with van der Waals surface area (Å²) in [7, 11) is 0. The topological polar surface area (TPSA) is 50.9 Å². The molecular weight excluding hydrogens is 126 g/mol. The van der Waals surface area contributed by atoms with Gasteiger partial charge in [0.25, 0.3) is 0 Å². The summed E-state index contributed by atoms with van der Waals surface area (Å²) in [6.07, 6.45) is 6.53. The predicted octanol–water partition coefficient (Wildman–Crippen LogP) is 0.923. The number of aromatic nitrogens is 1. The maximum Gasteiger partial charge on any atom is 0.0566 e. The van der Waals surface area contributed by atoms with E-state index in [1.165, 1.54) is 6.20 Å². The van der Waals surface area contributed by atoms with Crippen molar-refractivity contribution in [2.24, 2.45) is 5.73 Å². The van der Waals surface area contributed by atoms with Crippen LogP contribution >= 0.6 is 0 Å². The van der Waals surface area contributed by atoms with Crippen LogP contribution in [0.15, 0.2) is 36.9 Å². The van der Waals surface area contributed by atoms with E-state index in [-0.39, 0.29) is 0 Å². The highest BCUT2D eigenvalue weighted by molar-refractivity contribution is 5.42. The zero-order valence-corrected chi connectivity index (χ0v) is 5.49. The number of hydrogen-bond donors (Lipinski definition) is 2. The minimum Gasteiger partial charge on any atom is -0.403 e. The zero-order chi connectivity index (χ0) is 7.23. The number of nitrogens with two attached hydrogens (primary N) is 1. The van der Waals surface area contributed by atoms with Gasteiger partial charge >= 0.3 is 0 Å². The first-order chi connectivity index (χ1) is 4.93. The molecule has 52 valence electrons. The van der Waals surface area contributed by atoms with E-state index >= 15 is 0 Å². The van der Waals surface area contributed by atoms with Crippen molar-refractivity contribution in [1.29, 1.82) is 0 Å². The van der Waals surface area contributed by atoms with Crippen LogP contribution in [0.4, 0.5) is 5.69 Å². The van der Waals surface area contributed by atoms with Gasteiger partial charge in [-0.25, -0.2) is 0 Å². The van der Waals surface area contributed by atoms with Gasteiger partial charge in [-0.2, -0.15) is 0 Å². The molecule has 0 aliphatic carbocycles. The molecule has 3 nitrogen and oxygen atoms in total. The Labute approximate surface area is 59.6 Å². The average Bonchev–Trinajstić information content (AvgIpc) is 2.03. The molecule has 0 aromatic carbocycles. The smallest absolute Gasteiger partial charge is 0.0566 e. The Morgan fingerprint density at radius 3 is 3.10 bits per heavy atom. The monoisotopic (exact) mass is 135 g/mol. The predicted molar refractivity (Wildman–Crippen MR) is 41.2 cm³/mol. The first kappa shape index (κ1) is 6.61. The van der Waals surface area contributed by atoms with Gasteiger partial charge in [0, 0.05) is 18.6 Å². The molecule has 10 heavy (non-hydrogen) atoms. The molecule has 0 fully saturated rings. The third kappa shape index (κ3) is 1.78. The Kier molecular flexibility index (Phi) is 2.31. The lowest BCUT2D eigenvalue weighted by Crippen LogP contribution is -1.89. The molecule has 1 aromatic heterocycles. The largest absolute Gasteiger partial charge is 0.403 e. The van der Waals surface area contributed by atoms with E-state index < -0.39 is 0 Å². The molecule has 0 aliphatic rings. The summed E-state index contributed by atoms with van der Waals surface area (Å²) >= 11 is 0. The molecule has 0 saturated carbocycles. The lowest BCUT2D eigenvalue weighted by atomic mass is 10.4. The average molecular weight is 135 g/mol. The summed E-state index contributed by atoms with van der Waals surface area (Å²) in [6, 6.07) is 3.76. The molecule has 1 aromatic rings. The Bertz CT molecular complexity index is 205. The van der Waals surface area contributed by atoms with Gasteiger partial charge < -0.3 is 11.1 Å². The molecule has 0 bridgehead atoms. The fraction of sp³-hybridized carbons (Fsp3) is 0. The number of hydrogen-bond acceptors (Lipinski definition) is 3. The van der Waals surface area contributed by atoms with Gasteiger partial charge in [-0.05, 0) is 12.1 Å². The van der Waals surface area contributed by atoms with Gasteiger partial charge in [0.15, 0.2) is 0 Å². The lowest BCUT2D eigenvalue weighted by Gasteiger charge is -1.95. The number of rotatable bonds is 2. The SMILES string of the molecule is N/C=C/Nc1cccnc1. The third-order valence-electron chi connectivity index (χ3n) is 1.01. The van der Waals surface area contributed by atoms with Gasteiger partial charge in [-0.3, -0.25) is 4.98 Å². The molecule has 1 heterocycles. The highest BCUT2D eigenvalue weighted by atomic mass is 14.9. The van der Waals surface area contributed by atoms with Gasteiger partial charge in [0.2, 0.25) is 0 Å². The maximum atomic E-state index is 5.11. The van der Waals surface area contributed by atoms with E-state index in [1.54, 1.807) is 18.6 Å². The maximum absolute atomic E-state index is 5.11. The van der Waals surface area contributed by atoms with E-state index in [0.717, 1.165) is 5.69 Å². The highest BCUT2D eigenvalue weighted by Crippen LogP contribution is 2.00. The van der Waals surface area contributed by atoms with Crippen molar-refractivity contribution in [3.05, 3.63) is 36.9 Å². The normalized spacial score (nSPS) is 10.0. The van der Waals surface area contributed by atoms with Crippen LogP contribution in [0.25, 0.3) is 0 Å². The van der Waals surface area contributed by atoms with Crippen molar-refractivity contribution in [1.82, 2.24) is 4.98 Å². The molecule has 1 rings (SSSR count). The minimum atomic E-state index is 0.934. The summed E-state index contributed by atoms with van der Waals surface area (Å²) in [6.45, 7) is 0. The van der Waals surface area contributed by atoms with Crippen LogP contribution in [0.3, 0.4) is 0 Å². The lowest BCUT2D eigenvalue weighted by molar-refractivity contribution is 1.32. The van der Waals surface area contributed by atoms with Crippen molar-refractivity contribution in [3.63, 3.8) is 0 Å². The minimum absolute atomic E-state index is 0.934. The summed E-state index contributed by atoms with van der Waals surface area (Å²) in [5, 5.41) is 2.93. The van der Waals surface area contributed by atoms with Crippen molar-refractivity contribution >= 4 is 5.69 Å². The van der Waals surface area contributed by atoms with E-state index in [2.05, 4.69) is 10.3 Å². The summed E-state index contributed by atoms with van der Waals surface area (Å²) in [4.78, 5) is 3.90. The Morgan fingerprint density at radius 1 is 1.60 bits per heavy atom. The number of nitrogens with zero attached hydrogens (tertiary/aromatic N) is 1. The first-order valence-corrected chi connectivity index (χ1v) is 2.97. The van der Waals surface area contributed by atoms with Crippen LogP contribution in [-0.2, 0) is 0 Å². The summed E-state index contributed by atoms with van der Waals surface area (Å²) < 4.78 is 0. The second-order valence-corrected chi connectivity index (χ2v) is 1.75. The Hall–Kier alpha value is -1.51. The standard InChI is InChI=1S/C7H9N3/c8-3-5-10-7-2-1-4-9-6-7/h1-6,10H,8H2/b5-3+. The number of nitrogens with one attached hydrogen (secondary N) is 1. The Morgan fingerprint density at radius 2 is 2.50 bits per heavy atom. The molecule has 0 amide bonds. The van der Waals surface area contributed by atoms with E-state index in [4.69, 9.17) is 5.73 Å². The van der Waals surface area contributed by atoms with Crippen LogP contribution in [0.2, 0.25) is 0 Å². The van der Waals surface area contributed by atoms with Gasteiger partial charge in [-0.1, -0.05) is 0 Å². The fourth-order valence-electron chi connectivity index (χ4n) is 0.592. The van der Waals surface area contributed by atoms with E-state index in [1.807, 2.05) is 12.1 Å². The van der Waals surface area contributed by atoms with Crippen LogP contribution in [0, 0.1) is 0 Å². The van der Waals surface area contributed by atoms with Gasteiger partial charge in [0.05, 0.1) is 11.9 Å². The third-order valence-corrected chi connectivity index (χ3v) is 1.01. The van der Waals surface area contributed by atoms with Crippen LogP contribution in [0.1, 0.15) is 0 Å². The van der Waals surface area contributed by atoms with E-state index in [9.17, 15) is 0 Å². The zero-order valence-electron chi connectivity index (χ0n) is 5.49. The van der Waals surface area contributed by atoms with Crippen LogP contribution in [0.5, 0.6) is 0 Å². The molecule has 0 spiro atoms. The van der Waals surface area contributed by atoms with Crippen molar-refractivity contribution in [2.75, 3.05) is 5.32 Å². The van der Waals surface area contributed by atoms with Crippen molar-refractivity contribution in [3.8, 4) is 0 Å². The summed E-state index contributed by atoms with van der Waals surface area (Å²) in [5.41, 5.74) is 6.05. The molecule has 3 N–H and O–H groups in total. The van der Waals surface area contributed by atoms with Gasteiger partial charge in [0.1, 0.15) is 0 Å². The van der Waals surface area contributed by atoms with Crippen molar-refractivity contribution in [2.45, 2.75) is 0 Å². The molecular formula is C7H9N3. The Balaban J connectivity index is 2.59. The van der Waals surface area contributed by atoms with Crippen LogP contribution in [-0.4, -0.2) is 4.98 Å². The highest BCUT2D eigenvalue weighted by Gasteiger charge is 1.81. The second-order valence-electron chi connectivity index (χ2n) is 1.75. The number of pyridine rings is 1. The molecule has 0 radical (unpaired) electrons. The molecule has 0 saturated heterocycles. The van der Waals surface area contributed by atoms with Crippen LogP contribution < -0.4 is 11.1 Å². The molecule has 0 aliphatic heterocycles. The number of anilines is 1.